The monoisotopic (exact) mass is 183 g/mol. The molecule has 1 atom stereocenters. The van der Waals surface area contributed by atoms with E-state index in [1.54, 1.807) is 12.5 Å². The molecule has 0 aliphatic rings. The summed E-state index contributed by atoms with van der Waals surface area (Å²) in [6, 6.07) is 1.92. The number of carbonyl (C=O) groups is 1. The number of rotatable bonds is 3. The molecule has 1 rings (SSSR count). The molecule has 72 valence electrons. The van der Waals surface area contributed by atoms with Crippen molar-refractivity contribution in [2.24, 2.45) is 0 Å². The number of methoxy groups -OCH3 is 1. The zero-order chi connectivity index (χ0) is 9.68. The lowest BCUT2D eigenvalue weighted by atomic mass is 10.1. The van der Waals surface area contributed by atoms with Crippen LogP contribution in [0, 0.1) is 0 Å². The number of hydrogen-bond acceptors (Lipinski definition) is 3. The molecular formula is C9H13NO3. The molecule has 1 aromatic rings. The first-order chi connectivity index (χ1) is 6.22. The Kier molecular flexibility index (Phi) is 3.37. The number of alkyl carbamates (subject to hydrolysis) is 1. The SMILES string of the molecule is COC(=O)NC(C)Cc1ccoc1. The molecule has 0 aliphatic carbocycles. The van der Waals surface area contributed by atoms with E-state index in [0.29, 0.717) is 0 Å². The van der Waals surface area contributed by atoms with Crippen LogP contribution in [0.4, 0.5) is 4.79 Å². The first-order valence-electron chi connectivity index (χ1n) is 4.08. The van der Waals surface area contributed by atoms with Crippen molar-refractivity contribution in [2.75, 3.05) is 7.11 Å². The van der Waals surface area contributed by atoms with Gasteiger partial charge in [0.25, 0.3) is 0 Å². The Morgan fingerprint density at radius 1 is 1.77 bits per heavy atom. The average Bonchev–Trinajstić information content (AvgIpc) is 2.56. The van der Waals surface area contributed by atoms with Crippen LogP contribution in [0.25, 0.3) is 0 Å². The highest BCUT2D eigenvalue weighted by molar-refractivity contribution is 5.67. The van der Waals surface area contributed by atoms with Crippen molar-refractivity contribution in [3.8, 4) is 0 Å². The van der Waals surface area contributed by atoms with Crippen molar-refractivity contribution >= 4 is 6.09 Å². The summed E-state index contributed by atoms with van der Waals surface area (Å²) < 4.78 is 9.37. The van der Waals surface area contributed by atoms with Gasteiger partial charge in [0.05, 0.1) is 19.6 Å². The van der Waals surface area contributed by atoms with Gasteiger partial charge in [0.1, 0.15) is 0 Å². The van der Waals surface area contributed by atoms with Gasteiger partial charge in [-0.1, -0.05) is 0 Å². The van der Waals surface area contributed by atoms with Gasteiger partial charge in [-0.05, 0) is 25.0 Å². The molecule has 0 fully saturated rings. The molecule has 0 saturated carbocycles. The second-order valence-electron chi connectivity index (χ2n) is 2.87. The van der Waals surface area contributed by atoms with Crippen LogP contribution in [-0.4, -0.2) is 19.2 Å². The van der Waals surface area contributed by atoms with Gasteiger partial charge in [-0.15, -0.1) is 0 Å². The van der Waals surface area contributed by atoms with Gasteiger partial charge in [-0.25, -0.2) is 4.79 Å². The Morgan fingerprint density at radius 3 is 3.08 bits per heavy atom. The molecule has 1 heterocycles. The molecule has 1 N–H and O–H groups in total. The van der Waals surface area contributed by atoms with Gasteiger partial charge in [0.15, 0.2) is 0 Å². The Balaban J connectivity index is 2.33. The number of nitrogens with one attached hydrogen (secondary N) is 1. The molecule has 1 aromatic heterocycles. The lowest BCUT2D eigenvalue weighted by Gasteiger charge is -2.10. The number of amides is 1. The normalized spacial score (nSPS) is 12.2. The van der Waals surface area contributed by atoms with Gasteiger partial charge in [-0.2, -0.15) is 0 Å². The molecular weight excluding hydrogens is 170 g/mol. The number of hydrogen-bond donors (Lipinski definition) is 1. The molecule has 0 aromatic carbocycles. The number of furan rings is 1. The van der Waals surface area contributed by atoms with Gasteiger partial charge < -0.3 is 14.5 Å². The minimum absolute atomic E-state index is 0.0463. The highest BCUT2D eigenvalue weighted by atomic mass is 16.5. The van der Waals surface area contributed by atoms with Crippen LogP contribution in [0.2, 0.25) is 0 Å². The molecule has 1 unspecified atom stereocenters. The maximum atomic E-state index is 10.8. The smallest absolute Gasteiger partial charge is 0.407 e. The minimum Gasteiger partial charge on any atom is -0.472 e. The summed E-state index contributed by atoms with van der Waals surface area (Å²) in [6.07, 6.45) is 3.61. The van der Waals surface area contributed by atoms with E-state index in [0.717, 1.165) is 12.0 Å². The number of ether oxygens (including phenoxy) is 1. The van der Waals surface area contributed by atoms with Crippen molar-refractivity contribution in [3.05, 3.63) is 24.2 Å². The quantitative estimate of drug-likeness (QED) is 0.773. The zero-order valence-electron chi connectivity index (χ0n) is 7.74. The lowest BCUT2D eigenvalue weighted by molar-refractivity contribution is 0.167. The zero-order valence-corrected chi connectivity index (χ0v) is 7.74. The second-order valence-corrected chi connectivity index (χ2v) is 2.87. The summed E-state index contributed by atoms with van der Waals surface area (Å²) in [5, 5.41) is 2.66. The third-order valence-electron chi connectivity index (χ3n) is 1.67. The predicted octanol–water partition coefficient (Wildman–Crippen LogP) is 1.57. The predicted molar refractivity (Wildman–Crippen MR) is 47.4 cm³/mol. The largest absolute Gasteiger partial charge is 0.472 e. The Hall–Kier alpha value is -1.45. The van der Waals surface area contributed by atoms with Gasteiger partial charge >= 0.3 is 6.09 Å². The molecule has 0 spiro atoms. The topological polar surface area (TPSA) is 51.5 Å². The van der Waals surface area contributed by atoms with Crippen molar-refractivity contribution < 1.29 is 13.9 Å². The fourth-order valence-corrected chi connectivity index (χ4v) is 1.07. The van der Waals surface area contributed by atoms with Gasteiger partial charge in [0, 0.05) is 6.04 Å². The van der Waals surface area contributed by atoms with Crippen molar-refractivity contribution in [3.63, 3.8) is 0 Å². The third kappa shape index (κ3) is 3.19. The molecule has 4 nitrogen and oxygen atoms in total. The molecule has 0 radical (unpaired) electrons. The van der Waals surface area contributed by atoms with E-state index in [4.69, 9.17) is 4.42 Å². The highest BCUT2D eigenvalue weighted by Gasteiger charge is 2.07. The van der Waals surface area contributed by atoms with E-state index in [9.17, 15) is 4.79 Å². The first-order valence-corrected chi connectivity index (χ1v) is 4.08. The maximum Gasteiger partial charge on any atom is 0.407 e. The van der Waals surface area contributed by atoms with E-state index in [1.165, 1.54) is 7.11 Å². The van der Waals surface area contributed by atoms with Crippen molar-refractivity contribution in [1.82, 2.24) is 5.32 Å². The van der Waals surface area contributed by atoms with Gasteiger partial charge in [0.2, 0.25) is 0 Å². The fourth-order valence-electron chi connectivity index (χ4n) is 1.07. The minimum atomic E-state index is -0.406. The second kappa shape index (κ2) is 4.54. The van der Waals surface area contributed by atoms with Crippen LogP contribution in [0.15, 0.2) is 23.0 Å². The lowest BCUT2D eigenvalue weighted by Crippen LogP contribution is -2.33. The van der Waals surface area contributed by atoms with Crippen LogP contribution in [0.5, 0.6) is 0 Å². The summed E-state index contributed by atoms with van der Waals surface area (Å²) in [4.78, 5) is 10.8. The summed E-state index contributed by atoms with van der Waals surface area (Å²) in [5.74, 6) is 0. The molecule has 13 heavy (non-hydrogen) atoms. The molecule has 1 amide bonds. The summed E-state index contributed by atoms with van der Waals surface area (Å²) >= 11 is 0. The summed E-state index contributed by atoms with van der Waals surface area (Å²) in [6.45, 7) is 1.91. The Labute approximate surface area is 76.9 Å². The van der Waals surface area contributed by atoms with E-state index in [1.807, 2.05) is 13.0 Å². The Bertz CT molecular complexity index is 256. The molecule has 0 aliphatic heterocycles. The van der Waals surface area contributed by atoms with Gasteiger partial charge in [-0.3, -0.25) is 0 Å². The maximum absolute atomic E-state index is 10.8. The van der Waals surface area contributed by atoms with Crippen molar-refractivity contribution in [1.29, 1.82) is 0 Å². The van der Waals surface area contributed by atoms with Crippen LogP contribution in [0.3, 0.4) is 0 Å². The molecule has 4 heteroatoms. The highest BCUT2D eigenvalue weighted by Crippen LogP contribution is 2.03. The Morgan fingerprint density at radius 2 is 2.54 bits per heavy atom. The van der Waals surface area contributed by atoms with E-state index in [-0.39, 0.29) is 6.04 Å². The van der Waals surface area contributed by atoms with Crippen LogP contribution in [-0.2, 0) is 11.2 Å². The molecule has 0 saturated heterocycles. The summed E-state index contributed by atoms with van der Waals surface area (Å²) in [5.41, 5.74) is 1.06. The van der Waals surface area contributed by atoms with Crippen LogP contribution >= 0.6 is 0 Å². The molecule has 0 bridgehead atoms. The first kappa shape index (κ1) is 9.64. The van der Waals surface area contributed by atoms with E-state index in [2.05, 4.69) is 10.1 Å². The van der Waals surface area contributed by atoms with Crippen molar-refractivity contribution in [2.45, 2.75) is 19.4 Å². The van der Waals surface area contributed by atoms with E-state index < -0.39 is 6.09 Å². The van der Waals surface area contributed by atoms with E-state index >= 15 is 0 Å². The summed E-state index contributed by atoms with van der Waals surface area (Å²) in [7, 11) is 1.35. The van der Waals surface area contributed by atoms with Crippen LogP contribution in [0.1, 0.15) is 12.5 Å². The van der Waals surface area contributed by atoms with Crippen LogP contribution < -0.4 is 5.32 Å². The number of carbonyl (C=O) groups excluding carboxylic acids is 1. The third-order valence-corrected chi connectivity index (χ3v) is 1.67. The fraction of sp³-hybridized carbons (Fsp3) is 0.444. The average molecular weight is 183 g/mol. The standard InChI is InChI=1S/C9H13NO3/c1-7(10-9(11)12-2)5-8-3-4-13-6-8/h3-4,6-7H,5H2,1-2H3,(H,10,11).